The van der Waals surface area contributed by atoms with Gasteiger partial charge in [-0.05, 0) is 35.9 Å². The van der Waals surface area contributed by atoms with Crippen molar-refractivity contribution in [2.75, 3.05) is 46.6 Å². The average Bonchev–Trinajstić information content (AvgIpc) is 3.21. The van der Waals surface area contributed by atoms with Crippen molar-refractivity contribution in [1.82, 2.24) is 4.90 Å². The second kappa shape index (κ2) is 10.6. The Morgan fingerprint density at radius 2 is 1.69 bits per heavy atom. The summed E-state index contributed by atoms with van der Waals surface area (Å²) in [6.45, 7) is 4.82. The van der Waals surface area contributed by atoms with E-state index in [-0.39, 0.29) is 5.78 Å². The van der Waals surface area contributed by atoms with Crippen molar-refractivity contribution in [2.45, 2.75) is 4.90 Å². The van der Waals surface area contributed by atoms with Gasteiger partial charge in [-0.3, -0.25) is 9.69 Å². The molecule has 0 aromatic heterocycles. The third kappa shape index (κ3) is 4.93. The first-order valence-electron chi connectivity index (χ1n) is 11.6. The van der Waals surface area contributed by atoms with Crippen molar-refractivity contribution in [3.63, 3.8) is 0 Å². The molecule has 0 bridgehead atoms. The van der Waals surface area contributed by atoms with Gasteiger partial charge in [-0.1, -0.05) is 42.5 Å². The van der Waals surface area contributed by atoms with Gasteiger partial charge in [0.2, 0.25) is 5.78 Å². The molecule has 1 unspecified atom stereocenters. The molecule has 2 aliphatic heterocycles. The highest BCUT2D eigenvalue weighted by atomic mass is 32.2. The number of methoxy groups -OCH3 is 1. The smallest absolute Gasteiger partial charge is 0.202 e. The van der Waals surface area contributed by atoms with Gasteiger partial charge in [-0.15, -0.1) is 0 Å². The highest BCUT2D eigenvalue weighted by Crippen LogP contribution is 2.43. The maximum absolute atomic E-state index is 13.6. The van der Waals surface area contributed by atoms with Gasteiger partial charge >= 0.3 is 0 Å². The largest absolute Gasteiger partial charge is 0.497 e. The number of benzene rings is 3. The number of nitrogens with zero attached hydrogens (tertiary/aromatic N) is 1. The van der Waals surface area contributed by atoms with Crippen LogP contribution in [0.15, 0.2) is 82.6 Å². The molecule has 0 N–H and O–H groups in total. The van der Waals surface area contributed by atoms with Gasteiger partial charge in [-0.2, -0.15) is 0 Å². The van der Waals surface area contributed by atoms with E-state index >= 15 is 0 Å². The molecule has 3 aromatic carbocycles. The maximum Gasteiger partial charge on any atom is 0.202 e. The number of allylic oxidation sites excluding steroid dienone is 1. The Labute approximate surface area is 207 Å². The van der Waals surface area contributed by atoms with Crippen molar-refractivity contribution in [3.8, 4) is 11.5 Å². The highest BCUT2D eigenvalue weighted by molar-refractivity contribution is 7.90. The maximum atomic E-state index is 13.6. The summed E-state index contributed by atoms with van der Waals surface area (Å²) >= 11 is 0. The summed E-state index contributed by atoms with van der Waals surface area (Å²) in [5, 5.41) is 0. The quantitative estimate of drug-likeness (QED) is 0.443. The van der Waals surface area contributed by atoms with Crippen molar-refractivity contribution in [3.05, 3.63) is 94.4 Å². The first kappa shape index (κ1) is 23.5. The lowest BCUT2D eigenvalue weighted by atomic mass is 9.95. The summed E-state index contributed by atoms with van der Waals surface area (Å²) in [7, 11) is -0.0475. The zero-order chi connectivity index (χ0) is 24.2. The van der Waals surface area contributed by atoms with Gasteiger partial charge in [0, 0.05) is 36.3 Å². The van der Waals surface area contributed by atoms with Crippen molar-refractivity contribution >= 4 is 22.2 Å². The number of ketones is 1. The van der Waals surface area contributed by atoms with E-state index in [0.717, 1.165) is 49.7 Å². The van der Waals surface area contributed by atoms with Crippen LogP contribution in [-0.4, -0.2) is 61.5 Å². The lowest BCUT2D eigenvalue weighted by molar-refractivity contribution is 0.0322. The Balaban J connectivity index is 1.44. The number of carbonyl (C=O) groups is 1. The van der Waals surface area contributed by atoms with Gasteiger partial charge < -0.3 is 14.2 Å². The molecular weight excluding hydrogens is 462 g/mol. The molecule has 1 saturated heterocycles. The third-order valence-corrected chi connectivity index (χ3v) is 7.73. The molecule has 0 radical (unpaired) electrons. The molecule has 0 amide bonds. The van der Waals surface area contributed by atoms with Crippen LogP contribution in [0.1, 0.15) is 21.5 Å². The molecule has 1 atom stereocenters. The molecular formula is C28H27NO5S. The van der Waals surface area contributed by atoms with Gasteiger partial charge in [0.15, 0.2) is 0 Å². The monoisotopic (exact) mass is 489 g/mol. The molecule has 0 spiro atoms. The van der Waals surface area contributed by atoms with E-state index in [1.54, 1.807) is 25.3 Å². The molecule has 5 rings (SSSR count). The number of rotatable bonds is 8. The first-order valence-corrected chi connectivity index (χ1v) is 12.8. The molecule has 180 valence electrons. The fraction of sp³-hybridized carbons (Fsp3) is 0.250. The molecule has 2 aliphatic rings. The average molecular weight is 490 g/mol. The summed E-state index contributed by atoms with van der Waals surface area (Å²) in [5.41, 5.74) is 2.80. The minimum Gasteiger partial charge on any atom is -0.497 e. The number of hydrogen-bond donors (Lipinski definition) is 0. The number of ether oxygens (including phenoxy) is 3. The molecule has 0 aliphatic carbocycles. The third-order valence-electron chi connectivity index (χ3n) is 6.24. The standard InChI is InChI=1S/C28H27NO5S/c1-32-23-11-12-24-25(19-23)35(31)28(27(30)21-5-3-2-4-6-21)26(24)20-7-9-22(10-8-20)34-18-15-29-13-16-33-17-14-29/h2-12,19H,13-18H2,1H3. The van der Waals surface area contributed by atoms with Crippen LogP contribution in [-0.2, 0) is 15.5 Å². The van der Waals surface area contributed by atoms with E-state index < -0.39 is 10.8 Å². The van der Waals surface area contributed by atoms with E-state index in [0.29, 0.717) is 33.3 Å². The van der Waals surface area contributed by atoms with Crippen LogP contribution in [0.5, 0.6) is 11.5 Å². The second-order valence-corrected chi connectivity index (χ2v) is 9.74. The molecule has 3 aromatic rings. The van der Waals surface area contributed by atoms with Crippen molar-refractivity contribution in [1.29, 1.82) is 0 Å². The van der Waals surface area contributed by atoms with Crippen LogP contribution in [0.2, 0.25) is 0 Å². The summed E-state index contributed by atoms with van der Waals surface area (Å²) in [6, 6.07) is 22.1. The van der Waals surface area contributed by atoms with Crippen LogP contribution < -0.4 is 9.47 Å². The normalized spacial score (nSPS) is 17.8. The van der Waals surface area contributed by atoms with Gasteiger partial charge in [0.1, 0.15) is 23.0 Å². The SMILES string of the molecule is COc1ccc2c(c1)S(=O)C(C(=O)c1ccccc1)=C2c1ccc(OCCN2CCOCC2)cc1. The summed E-state index contributed by atoms with van der Waals surface area (Å²) in [6.07, 6.45) is 0. The van der Waals surface area contributed by atoms with E-state index in [1.807, 2.05) is 54.6 Å². The lowest BCUT2D eigenvalue weighted by Crippen LogP contribution is -2.38. The predicted octanol–water partition coefficient (Wildman–Crippen LogP) is 4.17. The zero-order valence-electron chi connectivity index (χ0n) is 19.6. The molecule has 2 heterocycles. The zero-order valence-corrected chi connectivity index (χ0v) is 20.4. The number of hydrogen-bond acceptors (Lipinski definition) is 6. The van der Waals surface area contributed by atoms with E-state index in [4.69, 9.17) is 14.2 Å². The number of Topliss-reactive ketones (excluding diaryl/α,β-unsaturated/α-hetero) is 1. The number of fused-ring (bicyclic) bond motifs is 1. The Morgan fingerprint density at radius 1 is 0.971 bits per heavy atom. The van der Waals surface area contributed by atoms with Crippen molar-refractivity contribution < 1.29 is 23.2 Å². The summed E-state index contributed by atoms with van der Waals surface area (Å²) in [4.78, 5) is 16.7. The van der Waals surface area contributed by atoms with E-state index in [9.17, 15) is 9.00 Å². The topological polar surface area (TPSA) is 65.1 Å². The second-order valence-electron chi connectivity index (χ2n) is 8.36. The molecule has 0 saturated carbocycles. The van der Waals surface area contributed by atoms with E-state index in [2.05, 4.69) is 4.90 Å². The minimum atomic E-state index is -1.62. The molecule has 6 nitrogen and oxygen atoms in total. The number of carbonyl (C=O) groups excluding carboxylic acids is 1. The Morgan fingerprint density at radius 3 is 2.40 bits per heavy atom. The van der Waals surface area contributed by atoms with Gasteiger partial charge in [-0.25, -0.2) is 4.21 Å². The minimum absolute atomic E-state index is 0.236. The first-order chi connectivity index (χ1) is 17.2. The van der Waals surface area contributed by atoms with Gasteiger partial charge in [0.05, 0.1) is 36.0 Å². The fourth-order valence-electron chi connectivity index (χ4n) is 4.35. The molecule has 7 heteroatoms. The fourth-order valence-corrected chi connectivity index (χ4v) is 5.87. The summed E-state index contributed by atoms with van der Waals surface area (Å²) < 4.78 is 30.2. The van der Waals surface area contributed by atoms with Crippen LogP contribution in [0.3, 0.4) is 0 Å². The highest BCUT2D eigenvalue weighted by Gasteiger charge is 2.34. The van der Waals surface area contributed by atoms with Crippen LogP contribution in [0.4, 0.5) is 0 Å². The van der Waals surface area contributed by atoms with Crippen molar-refractivity contribution in [2.24, 2.45) is 0 Å². The Bertz CT molecular complexity index is 1260. The van der Waals surface area contributed by atoms with Crippen LogP contribution in [0, 0.1) is 0 Å². The molecule has 35 heavy (non-hydrogen) atoms. The van der Waals surface area contributed by atoms with Crippen LogP contribution in [0.25, 0.3) is 5.57 Å². The molecule has 1 fully saturated rings. The van der Waals surface area contributed by atoms with Gasteiger partial charge in [0.25, 0.3) is 0 Å². The number of morpholine rings is 1. The Hall–Kier alpha value is -3.26. The predicted molar refractivity (Wildman–Crippen MR) is 135 cm³/mol. The summed E-state index contributed by atoms with van der Waals surface area (Å²) in [5.74, 6) is 1.13. The van der Waals surface area contributed by atoms with E-state index in [1.165, 1.54) is 0 Å². The lowest BCUT2D eigenvalue weighted by Gasteiger charge is -2.26. The van der Waals surface area contributed by atoms with Crippen LogP contribution >= 0.6 is 0 Å². The Kier molecular flexibility index (Phi) is 7.08.